The van der Waals surface area contributed by atoms with Gasteiger partial charge in [-0.3, -0.25) is 4.79 Å². The van der Waals surface area contributed by atoms with E-state index in [1.807, 2.05) is 6.07 Å². The summed E-state index contributed by atoms with van der Waals surface area (Å²) in [4.78, 5) is 11.0. The van der Waals surface area contributed by atoms with Crippen LogP contribution in [0.2, 0.25) is 5.02 Å². The molecule has 1 unspecified atom stereocenters. The minimum atomic E-state index is -0.506. The SMILES string of the molecule is CC(=O)OC(C)c1cc(Cl)ccc1C1(N)COC1.Cl. The smallest absolute Gasteiger partial charge is 0.303 e. The Labute approximate surface area is 123 Å². The van der Waals surface area contributed by atoms with E-state index < -0.39 is 5.54 Å². The predicted molar refractivity (Wildman–Crippen MR) is 75.6 cm³/mol. The van der Waals surface area contributed by atoms with E-state index in [1.165, 1.54) is 6.92 Å². The summed E-state index contributed by atoms with van der Waals surface area (Å²) in [5.41, 5.74) is 7.49. The molecule has 19 heavy (non-hydrogen) atoms. The quantitative estimate of drug-likeness (QED) is 0.872. The minimum absolute atomic E-state index is 0. The van der Waals surface area contributed by atoms with Crippen LogP contribution in [-0.2, 0) is 19.8 Å². The van der Waals surface area contributed by atoms with Gasteiger partial charge in [-0.15, -0.1) is 12.4 Å². The van der Waals surface area contributed by atoms with Crippen LogP contribution in [0.5, 0.6) is 0 Å². The first-order valence-electron chi connectivity index (χ1n) is 5.76. The molecule has 0 aromatic heterocycles. The van der Waals surface area contributed by atoms with Crippen molar-refractivity contribution in [2.45, 2.75) is 25.5 Å². The lowest BCUT2D eigenvalue weighted by Crippen LogP contribution is -2.54. The molecule has 0 aliphatic carbocycles. The Morgan fingerprint density at radius 2 is 2.16 bits per heavy atom. The van der Waals surface area contributed by atoms with Gasteiger partial charge in [-0.2, -0.15) is 0 Å². The molecule has 0 saturated carbocycles. The number of carbonyl (C=O) groups is 1. The van der Waals surface area contributed by atoms with E-state index in [0.29, 0.717) is 18.2 Å². The third kappa shape index (κ3) is 3.39. The number of benzene rings is 1. The van der Waals surface area contributed by atoms with E-state index in [-0.39, 0.29) is 24.5 Å². The molecule has 1 aromatic rings. The first-order chi connectivity index (χ1) is 8.42. The molecule has 0 spiro atoms. The molecule has 1 fully saturated rings. The number of rotatable bonds is 3. The predicted octanol–water partition coefficient (Wildman–Crippen LogP) is 2.57. The summed E-state index contributed by atoms with van der Waals surface area (Å²) >= 11 is 6.00. The molecule has 1 aromatic carbocycles. The molecular formula is C13H17Cl2NO3. The minimum Gasteiger partial charge on any atom is -0.458 e. The van der Waals surface area contributed by atoms with Crippen LogP contribution in [0, 0.1) is 0 Å². The molecule has 0 radical (unpaired) electrons. The molecule has 4 nitrogen and oxygen atoms in total. The van der Waals surface area contributed by atoms with Crippen LogP contribution in [0.1, 0.15) is 31.1 Å². The number of hydrogen-bond acceptors (Lipinski definition) is 4. The summed E-state index contributed by atoms with van der Waals surface area (Å²) in [6, 6.07) is 5.45. The van der Waals surface area contributed by atoms with Crippen LogP contribution in [0.25, 0.3) is 0 Å². The molecule has 106 valence electrons. The molecule has 6 heteroatoms. The van der Waals surface area contributed by atoms with E-state index in [4.69, 9.17) is 26.8 Å². The highest BCUT2D eigenvalue weighted by Crippen LogP contribution is 2.34. The molecule has 0 amide bonds. The van der Waals surface area contributed by atoms with Crippen LogP contribution < -0.4 is 5.73 Å². The summed E-state index contributed by atoms with van der Waals surface area (Å²) in [7, 11) is 0. The molecule has 0 bridgehead atoms. The maximum absolute atomic E-state index is 11.0. The van der Waals surface area contributed by atoms with Crippen molar-refractivity contribution in [3.63, 3.8) is 0 Å². The number of carbonyl (C=O) groups excluding carboxylic acids is 1. The van der Waals surface area contributed by atoms with Crippen molar-refractivity contribution in [3.05, 3.63) is 34.3 Å². The van der Waals surface area contributed by atoms with Crippen molar-refractivity contribution in [1.82, 2.24) is 0 Å². The summed E-state index contributed by atoms with van der Waals surface area (Å²) in [5, 5.41) is 0.594. The molecule has 1 saturated heterocycles. The Hall–Kier alpha value is -0.810. The van der Waals surface area contributed by atoms with E-state index in [0.717, 1.165) is 11.1 Å². The van der Waals surface area contributed by atoms with Gasteiger partial charge in [0, 0.05) is 11.9 Å². The maximum Gasteiger partial charge on any atom is 0.303 e. The molecule has 1 aliphatic heterocycles. The topological polar surface area (TPSA) is 61.5 Å². The lowest BCUT2D eigenvalue weighted by Gasteiger charge is -2.40. The van der Waals surface area contributed by atoms with Crippen LogP contribution in [0.4, 0.5) is 0 Å². The van der Waals surface area contributed by atoms with E-state index >= 15 is 0 Å². The highest BCUT2D eigenvalue weighted by Gasteiger charge is 2.38. The summed E-state index contributed by atoms with van der Waals surface area (Å²) in [6.07, 6.45) is -0.378. The van der Waals surface area contributed by atoms with E-state index in [2.05, 4.69) is 0 Å². The maximum atomic E-state index is 11.0. The molecule has 2 rings (SSSR count). The average Bonchev–Trinajstić information content (AvgIpc) is 2.25. The highest BCUT2D eigenvalue weighted by atomic mass is 35.5. The number of esters is 1. The third-order valence-electron chi connectivity index (χ3n) is 3.05. The second-order valence-corrected chi connectivity index (χ2v) is 5.07. The van der Waals surface area contributed by atoms with Gasteiger partial charge in [-0.25, -0.2) is 0 Å². The fourth-order valence-electron chi connectivity index (χ4n) is 2.11. The zero-order valence-electron chi connectivity index (χ0n) is 10.8. The van der Waals surface area contributed by atoms with Crippen molar-refractivity contribution in [1.29, 1.82) is 0 Å². The van der Waals surface area contributed by atoms with Crippen molar-refractivity contribution < 1.29 is 14.3 Å². The second kappa shape index (κ2) is 6.09. The summed E-state index contributed by atoms with van der Waals surface area (Å²) in [5.74, 6) is -0.329. The Kier molecular flexibility index (Phi) is 5.21. The highest BCUT2D eigenvalue weighted by molar-refractivity contribution is 6.30. The molecular weight excluding hydrogens is 289 g/mol. The lowest BCUT2D eigenvalue weighted by atomic mass is 9.84. The van der Waals surface area contributed by atoms with Crippen LogP contribution in [-0.4, -0.2) is 19.2 Å². The lowest BCUT2D eigenvalue weighted by molar-refractivity contribution is -0.145. The van der Waals surface area contributed by atoms with Gasteiger partial charge < -0.3 is 15.2 Å². The van der Waals surface area contributed by atoms with Gasteiger partial charge >= 0.3 is 5.97 Å². The van der Waals surface area contributed by atoms with Gasteiger partial charge in [0.05, 0.1) is 18.8 Å². The number of halogens is 2. The average molecular weight is 306 g/mol. The van der Waals surface area contributed by atoms with Gasteiger partial charge in [-0.05, 0) is 30.2 Å². The first kappa shape index (κ1) is 16.2. The van der Waals surface area contributed by atoms with Crippen molar-refractivity contribution >= 4 is 30.0 Å². The van der Waals surface area contributed by atoms with Gasteiger partial charge in [0.1, 0.15) is 6.10 Å². The van der Waals surface area contributed by atoms with Crippen molar-refractivity contribution in [2.24, 2.45) is 5.73 Å². The molecule has 1 heterocycles. The summed E-state index contributed by atoms with van der Waals surface area (Å²) in [6.45, 7) is 4.12. The molecule has 1 aliphatic rings. The zero-order valence-corrected chi connectivity index (χ0v) is 12.4. The van der Waals surface area contributed by atoms with Crippen LogP contribution >= 0.6 is 24.0 Å². The largest absolute Gasteiger partial charge is 0.458 e. The number of nitrogens with two attached hydrogens (primary N) is 1. The van der Waals surface area contributed by atoms with Gasteiger partial charge in [-0.1, -0.05) is 17.7 Å². The number of hydrogen-bond donors (Lipinski definition) is 1. The number of ether oxygens (including phenoxy) is 2. The normalized spacial score (nSPS) is 17.9. The van der Waals surface area contributed by atoms with E-state index in [1.54, 1.807) is 19.1 Å². The first-order valence-corrected chi connectivity index (χ1v) is 6.14. The van der Waals surface area contributed by atoms with Crippen molar-refractivity contribution in [3.8, 4) is 0 Å². The Bertz CT molecular complexity index is 475. The van der Waals surface area contributed by atoms with Gasteiger partial charge in [0.15, 0.2) is 0 Å². The monoisotopic (exact) mass is 305 g/mol. The Balaban J connectivity index is 0.00000180. The Morgan fingerprint density at radius 1 is 1.53 bits per heavy atom. The van der Waals surface area contributed by atoms with Crippen molar-refractivity contribution in [2.75, 3.05) is 13.2 Å². The summed E-state index contributed by atoms with van der Waals surface area (Å²) < 4.78 is 10.4. The fourth-order valence-corrected chi connectivity index (χ4v) is 2.29. The Morgan fingerprint density at radius 3 is 2.63 bits per heavy atom. The molecule has 1 atom stereocenters. The van der Waals surface area contributed by atoms with Crippen LogP contribution in [0.15, 0.2) is 18.2 Å². The van der Waals surface area contributed by atoms with Crippen LogP contribution in [0.3, 0.4) is 0 Å². The van der Waals surface area contributed by atoms with Gasteiger partial charge in [0.25, 0.3) is 0 Å². The second-order valence-electron chi connectivity index (χ2n) is 4.63. The zero-order chi connectivity index (χ0) is 13.3. The van der Waals surface area contributed by atoms with E-state index in [9.17, 15) is 4.79 Å². The van der Waals surface area contributed by atoms with Gasteiger partial charge in [0.2, 0.25) is 0 Å². The standard InChI is InChI=1S/C13H16ClNO3.ClH/c1-8(18-9(2)16)11-5-10(14)3-4-12(11)13(15)6-17-7-13;/h3-5,8H,6-7,15H2,1-2H3;1H. The third-order valence-corrected chi connectivity index (χ3v) is 3.29. The molecule has 2 N–H and O–H groups in total. The fraction of sp³-hybridized carbons (Fsp3) is 0.462.